The van der Waals surface area contributed by atoms with E-state index >= 15 is 0 Å². The topological polar surface area (TPSA) is 12.0 Å². The van der Waals surface area contributed by atoms with Crippen LogP contribution in [0.15, 0.2) is 44.9 Å². The van der Waals surface area contributed by atoms with E-state index in [0.717, 1.165) is 25.6 Å². The number of halogens is 2. The highest BCUT2D eigenvalue weighted by molar-refractivity contribution is 9.11. The van der Waals surface area contributed by atoms with Crippen LogP contribution in [0.5, 0.6) is 0 Å². The van der Waals surface area contributed by atoms with Gasteiger partial charge < -0.3 is 4.72 Å². The Morgan fingerprint density at radius 2 is 2.17 bits per heavy atom. The second kappa shape index (κ2) is 6.15. The summed E-state index contributed by atoms with van der Waals surface area (Å²) < 4.78 is 5.51. The van der Waals surface area contributed by atoms with Crippen molar-refractivity contribution in [3.8, 4) is 0 Å². The molecule has 0 atom stereocenters. The molecule has 1 N–H and O–H groups in total. The van der Waals surface area contributed by atoms with E-state index in [1.165, 1.54) is 16.2 Å². The lowest BCUT2D eigenvalue weighted by atomic mass is 10.1. The third kappa shape index (κ3) is 3.54. The summed E-state index contributed by atoms with van der Waals surface area (Å²) in [6.07, 6.45) is 0. The Kier molecular flexibility index (Phi) is 4.78. The van der Waals surface area contributed by atoms with Gasteiger partial charge in [-0.25, -0.2) is 0 Å². The van der Waals surface area contributed by atoms with Crippen molar-refractivity contribution in [3.63, 3.8) is 0 Å². The lowest BCUT2D eigenvalue weighted by Gasteiger charge is -2.10. The second-order valence-electron chi connectivity index (χ2n) is 3.72. The van der Waals surface area contributed by atoms with Crippen LogP contribution in [0.25, 0.3) is 5.70 Å². The van der Waals surface area contributed by atoms with E-state index in [9.17, 15) is 0 Å². The van der Waals surface area contributed by atoms with Crippen LogP contribution in [-0.4, -0.2) is 0 Å². The second-order valence-corrected chi connectivity index (χ2v) is 7.70. The lowest BCUT2D eigenvalue weighted by molar-refractivity contribution is 1.38. The van der Waals surface area contributed by atoms with Gasteiger partial charge in [-0.3, -0.25) is 0 Å². The zero-order chi connectivity index (χ0) is 13.1. The average Bonchev–Trinajstić information content (AvgIpc) is 2.72. The minimum absolute atomic E-state index is 0.723. The molecule has 1 aromatic carbocycles. The van der Waals surface area contributed by atoms with E-state index in [1.54, 1.807) is 11.3 Å². The van der Waals surface area contributed by atoms with Crippen molar-refractivity contribution in [2.24, 2.45) is 0 Å². The molecule has 0 saturated heterocycles. The van der Waals surface area contributed by atoms with Crippen molar-refractivity contribution >= 4 is 56.5 Å². The van der Waals surface area contributed by atoms with E-state index in [2.05, 4.69) is 33.3 Å². The first-order chi connectivity index (χ1) is 8.56. The molecular formula is C13H11BrClNS2. The van der Waals surface area contributed by atoms with Gasteiger partial charge in [0.15, 0.2) is 0 Å². The fourth-order valence-corrected chi connectivity index (χ4v) is 4.21. The van der Waals surface area contributed by atoms with E-state index < -0.39 is 0 Å². The van der Waals surface area contributed by atoms with Crippen LogP contribution in [0, 0.1) is 6.92 Å². The Hall–Kier alpha value is -0.420. The van der Waals surface area contributed by atoms with Gasteiger partial charge >= 0.3 is 0 Å². The molecule has 0 radical (unpaired) electrons. The molecule has 0 saturated carbocycles. The summed E-state index contributed by atoms with van der Waals surface area (Å²) in [5.41, 5.74) is 2.89. The lowest BCUT2D eigenvalue weighted by Crippen LogP contribution is -2.00. The Labute approximate surface area is 129 Å². The van der Waals surface area contributed by atoms with Crippen molar-refractivity contribution < 1.29 is 0 Å². The standard InChI is InChI=1S/C13H11BrClNS2/c1-8-3-4-10(11(15)7-8)9(2)16-18-13-6-5-12(14)17-13/h3-7,16H,2H2,1H3. The summed E-state index contributed by atoms with van der Waals surface area (Å²) in [5, 5.41) is 0.723. The molecule has 0 aliphatic carbocycles. The van der Waals surface area contributed by atoms with Crippen LogP contribution in [0.4, 0.5) is 0 Å². The average molecular weight is 361 g/mol. The quantitative estimate of drug-likeness (QED) is 0.698. The summed E-state index contributed by atoms with van der Waals surface area (Å²) in [6, 6.07) is 10.0. The van der Waals surface area contributed by atoms with Crippen molar-refractivity contribution in [2.75, 3.05) is 0 Å². The van der Waals surface area contributed by atoms with E-state index in [1.807, 2.05) is 31.2 Å². The minimum Gasteiger partial charge on any atom is -0.325 e. The number of nitrogens with one attached hydrogen (secondary N) is 1. The number of hydrogen-bond donors (Lipinski definition) is 1. The van der Waals surface area contributed by atoms with Gasteiger partial charge in [-0.2, -0.15) is 0 Å². The van der Waals surface area contributed by atoms with Gasteiger partial charge in [0.2, 0.25) is 0 Å². The minimum atomic E-state index is 0.723. The van der Waals surface area contributed by atoms with Crippen LogP contribution in [0.2, 0.25) is 5.02 Å². The van der Waals surface area contributed by atoms with Gasteiger partial charge in [0.25, 0.3) is 0 Å². The highest BCUT2D eigenvalue weighted by atomic mass is 79.9. The summed E-state index contributed by atoms with van der Waals surface area (Å²) in [7, 11) is 0. The Morgan fingerprint density at radius 3 is 2.78 bits per heavy atom. The number of thiophene rings is 1. The summed E-state index contributed by atoms with van der Waals surface area (Å²) >= 11 is 12.8. The van der Waals surface area contributed by atoms with Crippen LogP contribution in [-0.2, 0) is 0 Å². The van der Waals surface area contributed by atoms with Crippen LogP contribution >= 0.6 is 50.8 Å². The monoisotopic (exact) mass is 359 g/mol. The van der Waals surface area contributed by atoms with Crippen molar-refractivity contribution in [2.45, 2.75) is 11.1 Å². The molecule has 1 heterocycles. The van der Waals surface area contributed by atoms with E-state index in [4.69, 9.17) is 11.6 Å². The molecule has 18 heavy (non-hydrogen) atoms. The smallest absolute Gasteiger partial charge is 0.0820 e. The maximum atomic E-state index is 6.20. The van der Waals surface area contributed by atoms with Gasteiger partial charge in [-0.1, -0.05) is 30.3 Å². The molecule has 0 aliphatic rings. The third-order valence-electron chi connectivity index (χ3n) is 2.27. The highest BCUT2D eigenvalue weighted by Crippen LogP contribution is 2.31. The molecule has 0 spiro atoms. The molecule has 2 rings (SSSR count). The van der Waals surface area contributed by atoms with Crippen LogP contribution < -0.4 is 4.72 Å². The fourth-order valence-electron chi connectivity index (χ4n) is 1.38. The highest BCUT2D eigenvalue weighted by Gasteiger charge is 2.06. The van der Waals surface area contributed by atoms with Crippen LogP contribution in [0.3, 0.4) is 0 Å². The van der Waals surface area contributed by atoms with Gasteiger partial charge in [-0.05, 0) is 58.6 Å². The van der Waals surface area contributed by atoms with Gasteiger partial charge in [0, 0.05) is 11.3 Å². The predicted octanol–water partition coefficient (Wildman–Crippen LogP) is 5.74. The molecule has 1 aromatic heterocycles. The van der Waals surface area contributed by atoms with Crippen molar-refractivity contribution in [3.05, 3.63) is 56.8 Å². The van der Waals surface area contributed by atoms with Gasteiger partial charge in [0.1, 0.15) is 0 Å². The van der Waals surface area contributed by atoms with Crippen molar-refractivity contribution in [1.82, 2.24) is 4.72 Å². The number of aryl methyl sites for hydroxylation is 1. The molecular weight excluding hydrogens is 350 g/mol. The first kappa shape index (κ1) is 14.0. The van der Waals surface area contributed by atoms with E-state index in [-0.39, 0.29) is 0 Å². The zero-order valence-electron chi connectivity index (χ0n) is 9.67. The maximum absolute atomic E-state index is 6.20. The first-order valence-corrected chi connectivity index (χ1v) is 8.00. The summed E-state index contributed by atoms with van der Waals surface area (Å²) in [5.74, 6) is 0. The normalized spacial score (nSPS) is 10.4. The molecule has 0 amide bonds. The van der Waals surface area contributed by atoms with Crippen molar-refractivity contribution in [1.29, 1.82) is 0 Å². The first-order valence-electron chi connectivity index (χ1n) is 5.20. The van der Waals surface area contributed by atoms with Gasteiger partial charge in [-0.15, -0.1) is 11.3 Å². The Balaban J connectivity index is 2.03. The molecule has 0 bridgehead atoms. The molecule has 94 valence electrons. The van der Waals surface area contributed by atoms with Crippen LogP contribution in [0.1, 0.15) is 11.1 Å². The molecule has 0 unspecified atom stereocenters. The van der Waals surface area contributed by atoms with E-state index in [0.29, 0.717) is 0 Å². The number of benzene rings is 1. The Morgan fingerprint density at radius 1 is 1.39 bits per heavy atom. The maximum Gasteiger partial charge on any atom is 0.0820 e. The number of rotatable bonds is 4. The summed E-state index contributed by atoms with van der Waals surface area (Å²) in [6.45, 7) is 6.03. The molecule has 2 aromatic rings. The molecule has 5 heteroatoms. The SMILES string of the molecule is C=C(NSc1ccc(Br)s1)c1ccc(C)cc1Cl. The zero-order valence-corrected chi connectivity index (χ0v) is 13.6. The number of hydrogen-bond acceptors (Lipinski definition) is 3. The molecule has 1 nitrogen and oxygen atoms in total. The molecule has 0 fully saturated rings. The Bertz CT molecular complexity index is 580. The van der Waals surface area contributed by atoms with Gasteiger partial charge in [0.05, 0.1) is 13.0 Å². The third-order valence-corrected chi connectivity index (χ3v) is 5.19. The predicted molar refractivity (Wildman–Crippen MR) is 86.2 cm³/mol. The fraction of sp³-hybridized carbons (Fsp3) is 0.0769. The summed E-state index contributed by atoms with van der Waals surface area (Å²) in [4.78, 5) is 0. The molecule has 0 aliphatic heterocycles. The largest absolute Gasteiger partial charge is 0.325 e.